The zero-order chi connectivity index (χ0) is 19.4. The molecule has 2 atom stereocenters. The van der Waals surface area contributed by atoms with Crippen LogP contribution < -0.4 is 0 Å². The first-order valence-corrected chi connectivity index (χ1v) is 9.84. The quantitative estimate of drug-likeness (QED) is 0.552. The zero-order valence-corrected chi connectivity index (χ0v) is 16.8. The highest BCUT2D eigenvalue weighted by molar-refractivity contribution is 5.71. The van der Waals surface area contributed by atoms with Crippen LogP contribution in [0.5, 0.6) is 0 Å². The molecule has 0 bridgehead atoms. The number of hydrogen-bond donors (Lipinski definition) is 0. The molecule has 1 amide bonds. The van der Waals surface area contributed by atoms with Gasteiger partial charge in [0.15, 0.2) is 6.23 Å². The van der Waals surface area contributed by atoms with E-state index < -0.39 is 0 Å². The van der Waals surface area contributed by atoms with Crippen LogP contribution in [0.25, 0.3) is 0 Å². The smallest absolute Gasteiger partial charge is 0.411 e. The first kappa shape index (κ1) is 20.3. The molecule has 3 aliphatic rings. The van der Waals surface area contributed by atoms with Crippen LogP contribution in [0.3, 0.4) is 0 Å². The third kappa shape index (κ3) is 5.31. The van der Waals surface area contributed by atoms with Gasteiger partial charge < -0.3 is 24.2 Å². The van der Waals surface area contributed by atoms with Crippen LogP contribution in [0.2, 0.25) is 0 Å². The Bertz CT molecular complexity index is 526. The van der Waals surface area contributed by atoms with Crippen LogP contribution >= 0.6 is 0 Å². The normalized spacial score (nSPS) is 29.1. The molecule has 9 nitrogen and oxygen atoms in total. The highest BCUT2D eigenvalue weighted by Gasteiger charge is 2.39. The van der Waals surface area contributed by atoms with E-state index in [9.17, 15) is 9.59 Å². The molecule has 9 heteroatoms. The molecule has 0 spiro atoms. The minimum absolute atomic E-state index is 0.194. The van der Waals surface area contributed by atoms with Crippen LogP contribution in [-0.4, -0.2) is 135 Å². The fraction of sp³-hybridized carbons (Fsp3) is 0.889. The molecule has 0 saturated carbocycles. The fourth-order valence-corrected chi connectivity index (χ4v) is 4.09. The van der Waals surface area contributed by atoms with Gasteiger partial charge in [0.2, 0.25) is 0 Å². The molecule has 0 aromatic heterocycles. The van der Waals surface area contributed by atoms with Crippen molar-refractivity contribution in [3.8, 4) is 0 Å². The summed E-state index contributed by atoms with van der Waals surface area (Å²) in [7, 11) is 5.36. The summed E-state index contributed by atoms with van der Waals surface area (Å²) in [5.74, 6) is -0.201. The first-order valence-electron chi connectivity index (χ1n) is 9.84. The molecule has 0 radical (unpaired) electrons. The van der Waals surface area contributed by atoms with E-state index in [0.29, 0.717) is 13.1 Å². The van der Waals surface area contributed by atoms with E-state index in [1.54, 1.807) is 11.9 Å². The first-order chi connectivity index (χ1) is 13.0. The second-order valence-corrected chi connectivity index (χ2v) is 7.86. The van der Waals surface area contributed by atoms with Gasteiger partial charge in [-0.25, -0.2) is 4.79 Å². The average Bonchev–Trinajstić information content (AvgIpc) is 2.99. The van der Waals surface area contributed by atoms with Crippen LogP contribution in [0.15, 0.2) is 0 Å². The number of esters is 1. The van der Waals surface area contributed by atoms with Gasteiger partial charge in [0.1, 0.15) is 0 Å². The van der Waals surface area contributed by atoms with E-state index in [-0.39, 0.29) is 24.3 Å². The van der Waals surface area contributed by atoms with Crippen molar-refractivity contribution in [3.05, 3.63) is 0 Å². The molecule has 27 heavy (non-hydrogen) atoms. The summed E-state index contributed by atoms with van der Waals surface area (Å²) in [6.45, 7) is 8.70. The number of hydrogen-bond acceptors (Lipinski definition) is 8. The number of nitrogens with zero attached hydrogens (tertiary/aromatic N) is 5. The SMILES string of the molecule is COC(=O)CN1CCN(C2CN(C)C(=O)O2)C(CCN2CCN(C)CC2)C1. The topological polar surface area (TPSA) is 68.8 Å². The van der Waals surface area contributed by atoms with Crippen molar-refractivity contribution in [3.63, 3.8) is 0 Å². The lowest BCUT2D eigenvalue weighted by Crippen LogP contribution is -2.59. The predicted molar refractivity (Wildman–Crippen MR) is 100 cm³/mol. The summed E-state index contributed by atoms with van der Waals surface area (Å²) < 4.78 is 10.4. The number of methoxy groups -OCH3 is 1. The highest BCUT2D eigenvalue weighted by Crippen LogP contribution is 2.22. The van der Waals surface area contributed by atoms with Crippen molar-refractivity contribution in [1.29, 1.82) is 0 Å². The lowest BCUT2D eigenvalue weighted by atomic mass is 10.1. The van der Waals surface area contributed by atoms with Gasteiger partial charge in [-0.05, 0) is 20.0 Å². The van der Waals surface area contributed by atoms with Crippen molar-refractivity contribution in [1.82, 2.24) is 24.5 Å². The molecular weight excluding hydrogens is 350 g/mol. The predicted octanol–water partition coefficient (Wildman–Crippen LogP) is -0.809. The molecule has 0 aliphatic carbocycles. The Balaban J connectivity index is 1.59. The van der Waals surface area contributed by atoms with Gasteiger partial charge in [0.25, 0.3) is 0 Å². The van der Waals surface area contributed by atoms with Gasteiger partial charge in [-0.3, -0.25) is 14.6 Å². The van der Waals surface area contributed by atoms with E-state index >= 15 is 0 Å². The van der Waals surface area contributed by atoms with Gasteiger partial charge >= 0.3 is 12.1 Å². The molecule has 0 N–H and O–H groups in total. The largest absolute Gasteiger partial charge is 0.468 e. The number of piperazine rings is 2. The molecular formula is C18H33N5O4. The monoisotopic (exact) mass is 383 g/mol. The number of rotatable bonds is 6. The van der Waals surface area contributed by atoms with Gasteiger partial charge in [0.05, 0.1) is 20.2 Å². The standard InChI is InChI=1S/C18H33N5O4/c1-19-6-8-21(9-7-19)5-4-15-12-22(14-17(24)26-3)10-11-23(15)16-13-20(2)18(25)27-16/h15-16H,4-14H2,1-3H3. The summed E-state index contributed by atoms with van der Waals surface area (Å²) in [6, 6.07) is 0.257. The van der Waals surface area contributed by atoms with Crippen LogP contribution in [0.1, 0.15) is 6.42 Å². The summed E-state index contributed by atoms with van der Waals surface area (Å²) >= 11 is 0. The molecule has 0 aromatic carbocycles. The lowest BCUT2D eigenvalue weighted by molar-refractivity contribution is -0.143. The third-order valence-corrected chi connectivity index (χ3v) is 5.92. The maximum absolute atomic E-state index is 11.8. The summed E-state index contributed by atoms with van der Waals surface area (Å²) in [5, 5.41) is 0. The molecule has 3 aliphatic heterocycles. The second kappa shape index (κ2) is 9.18. The number of cyclic esters (lactones) is 1. The summed E-state index contributed by atoms with van der Waals surface area (Å²) in [5.41, 5.74) is 0. The zero-order valence-electron chi connectivity index (χ0n) is 16.8. The molecule has 2 unspecified atom stereocenters. The van der Waals surface area contributed by atoms with Gasteiger partial charge in [-0.15, -0.1) is 0 Å². The van der Waals surface area contributed by atoms with Crippen LogP contribution in [-0.2, 0) is 14.3 Å². The Morgan fingerprint density at radius 2 is 1.78 bits per heavy atom. The Morgan fingerprint density at radius 3 is 2.41 bits per heavy atom. The minimum atomic E-state index is -0.255. The van der Waals surface area contributed by atoms with Crippen LogP contribution in [0.4, 0.5) is 4.79 Å². The Labute approximate surface area is 161 Å². The van der Waals surface area contributed by atoms with Crippen molar-refractivity contribution in [2.75, 3.05) is 86.7 Å². The lowest BCUT2D eigenvalue weighted by Gasteiger charge is -2.43. The fourth-order valence-electron chi connectivity index (χ4n) is 4.09. The number of ether oxygens (including phenoxy) is 2. The second-order valence-electron chi connectivity index (χ2n) is 7.86. The number of carbonyl (C=O) groups excluding carboxylic acids is 2. The number of amides is 1. The van der Waals surface area contributed by atoms with Crippen LogP contribution in [0, 0.1) is 0 Å². The van der Waals surface area contributed by atoms with Crippen molar-refractivity contribution >= 4 is 12.1 Å². The minimum Gasteiger partial charge on any atom is -0.468 e. The maximum atomic E-state index is 11.8. The molecule has 3 fully saturated rings. The van der Waals surface area contributed by atoms with E-state index in [1.165, 1.54) is 7.11 Å². The summed E-state index contributed by atoms with van der Waals surface area (Å²) in [6.07, 6.45) is 0.550. The van der Waals surface area contributed by atoms with E-state index in [4.69, 9.17) is 9.47 Å². The van der Waals surface area contributed by atoms with E-state index in [1.807, 2.05) is 0 Å². The van der Waals surface area contributed by atoms with E-state index in [2.05, 4.69) is 26.6 Å². The third-order valence-electron chi connectivity index (χ3n) is 5.92. The molecule has 3 heterocycles. The highest BCUT2D eigenvalue weighted by atomic mass is 16.6. The van der Waals surface area contributed by atoms with Crippen molar-refractivity contribution in [2.24, 2.45) is 0 Å². The average molecular weight is 383 g/mol. The van der Waals surface area contributed by atoms with E-state index in [0.717, 1.165) is 58.8 Å². The van der Waals surface area contributed by atoms with Crippen molar-refractivity contribution < 1.29 is 19.1 Å². The molecule has 0 aromatic rings. The Hall–Kier alpha value is -1.42. The van der Waals surface area contributed by atoms with Gasteiger partial charge in [-0.1, -0.05) is 0 Å². The maximum Gasteiger partial charge on any atom is 0.411 e. The molecule has 3 saturated heterocycles. The molecule has 3 rings (SSSR count). The summed E-state index contributed by atoms with van der Waals surface area (Å²) in [4.78, 5) is 34.4. The van der Waals surface area contributed by atoms with Gasteiger partial charge in [0, 0.05) is 58.9 Å². The number of carbonyl (C=O) groups is 2. The van der Waals surface area contributed by atoms with Crippen molar-refractivity contribution in [2.45, 2.75) is 18.7 Å². The molecule has 154 valence electrons. The Morgan fingerprint density at radius 1 is 1.07 bits per heavy atom. The van der Waals surface area contributed by atoms with Gasteiger partial charge in [-0.2, -0.15) is 0 Å². The number of likely N-dealkylation sites (N-methyl/N-ethyl adjacent to an activating group) is 2. The Kier molecular flexibility index (Phi) is 6.91.